The summed E-state index contributed by atoms with van der Waals surface area (Å²) < 4.78 is 13.4. The lowest BCUT2D eigenvalue weighted by atomic mass is 9.85. The number of benzene rings is 2. The van der Waals surface area contributed by atoms with Gasteiger partial charge in [0.05, 0.1) is 0 Å². The van der Waals surface area contributed by atoms with Crippen LogP contribution in [0.25, 0.3) is 0 Å². The molecule has 8 heteroatoms. The van der Waals surface area contributed by atoms with Crippen molar-refractivity contribution < 1.29 is 24.2 Å². The molecule has 0 bridgehead atoms. The van der Waals surface area contributed by atoms with E-state index in [-0.39, 0.29) is 36.3 Å². The monoisotopic (exact) mass is 556 g/mol. The average Bonchev–Trinajstić information content (AvgIpc) is 2.89. The van der Waals surface area contributed by atoms with Crippen molar-refractivity contribution in [3.63, 3.8) is 0 Å². The maximum atomic E-state index is 13.4. The van der Waals surface area contributed by atoms with Gasteiger partial charge in [0.25, 0.3) is 0 Å². The van der Waals surface area contributed by atoms with Crippen molar-refractivity contribution in [1.29, 1.82) is 0 Å². The van der Waals surface area contributed by atoms with Gasteiger partial charge in [-0.2, -0.15) is 0 Å². The minimum atomic E-state index is -3.67. The first-order chi connectivity index (χ1) is 18.5. The lowest BCUT2D eigenvalue weighted by molar-refractivity contribution is -0.130. The second-order valence-corrected chi connectivity index (χ2v) is 14.0. The average molecular weight is 557 g/mol. The lowest BCUT2D eigenvalue weighted by Crippen LogP contribution is -2.49. The summed E-state index contributed by atoms with van der Waals surface area (Å²) in [4.78, 5) is 36.9. The molecule has 3 rings (SSSR count). The molecule has 3 atom stereocenters. The normalized spacial score (nSPS) is 17.3. The Hall–Kier alpha value is -2.63. The molecule has 0 aromatic heterocycles. The highest BCUT2D eigenvalue weighted by atomic mass is 31.2. The molecule has 39 heavy (non-hydrogen) atoms. The first-order valence-corrected chi connectivity index (χ1v) is 16.3. The van der Waals surface area contributed by atoms with E-state index in [0.717, 1.165) is 23.5 Å². The summed E-state index contributed by atoms with van der Waals surface area (Å²) in [6, 6.07) is 13.6. The smallest absolute Gasteiger partial charge is 0.242 e. The zero-order valence-electron chi connectivity index (χ0n) is 23.6. The molecule has 0 spiro atoms. The van der Waals surface area contributed by atoms with Crippen LogP contribution in [-0.4, -0.2) is 41.1 Å². The van der Waals surface area contributed by atoms with Crippen LogP contribution >= 0.6 is 7.37 Å². The molecule has 1 aliphatic carbocycles. The van der Waals surface area contributed by atoms with Gasteiger partial charge in [0.2, 0.25) is 19.2 Å². The Morgan fingerprint density at radius 3 is 2.10 bits per heavy atom. The third kappa shape index (κ3) is 10.5. The van der Waals surface area contributed by atoms with Gasteiger partial charge in [0.15, 0.2) is 0 Å². The van der Waals surface area contributed by atoms with Crippen molar-refractivity contribution in [2.75, 3.05) is 13.2 Å². The maximum absolute atomic E-state index is 13.4. The number of likely N-dealkylation sites (N-methyl/N-ethyl adjacent to an activating group) is 1. The highest BCUT2D eigenvalue weighted by Gasteiger charge is 2.32. The summed E-state index contributed by atoms with van der Waals surface area (Å²) >= 11 is 0. The zero-order valence-corrected chi connectivity index (χ0v) is 24.5. The van der Waals surface area contributed by atoms with E-state index in [0.29, 0.717) is 6.42 Å². The van der Waals surface area contributed by atoms with Crippen molar-refractivity contribution in [1.82, 2.24) is 10.6 Å². The first kappa shape index (κ1) is 30.9. The number of carbonyl (C=O) groups excluding carboxylic acids is 2. The van der Waals surface area contributed by atoms with Crippen molar-refractivity contribution in [3.8, 4) is 5.75 Å². The Morgan fingerprint density at radius 2 is 1.51 bits per heavy atom. The fourth-order valence-electron chi connectivity index (χ4n) is 5.57. The van der Waals surface area contributed by atoms with Gasteiger partial charge in [-0.1, -0.05) is 82.3 Å². The largest absolute Gasteiger partial charge is 0.508 e. The van der Waals surface area contributed by atoms with Crippen LogP contribution < -0.4 is 10.6 Å². The fourth-order valence-corrected chi connectivity index (χ4v) is 7.49. The van der Waals surface area contributed by atoms with E-state index in [2.05, 4.69) is 22.8 Å². The van der Waals surface area contributed by atoms with Crippen molar-refractivity contribution in [2.45, 2.75) is 77.4 Å². The minimum Gasteiger partial charge on any atom is -0.508 e. The summed E-state index contributed by atoms with van der Waals surface area (Å²) in [5.41, 5.74) is 2.85. The Morgan fingerprint density at radius 1 is 0.923 bits per heavy atom. The summed E-state index contributed by atoms with van der Waals surface area (Å²) in [5, 5.41) is 15.0. The van der Waals surface area contributed by atoms with E-state index in [1.54, 1.807) is 12.1 Å². The third-order valence-electron chi connectivity index (χ3n) is 7.59. The second-order valence-electron chi connectivity index (χ2n) is 11.6. The van der Waals surface area contributed by atoms with Gasteiger partial charge in [0, 0.05) is 31.7 Å². The van der Waals surface area contributed by atoms with Gasteiger partial charge >= 0.3 is 0 Å². The Balaban J connectivity index is 1.65. The molecule has 7 nitrogen and oxygen atoms in total. The third-order valence-corrected chi connectivity index (χ3v) is 9.46. The molecule has 0 radical (unpaired) electrons. The SMILES string of the molecule is CNC(=O)[C@@H](Cc1ccc(O)cc1)NC(=O)C(CC(C)C)CP(=O)(O)Cc1ccc(CC2CCCCC2)cc1. The number of hydrogen-bond acceptors (Lipinski definition) is 4. The molecule has 2 unspecified atom stereocenters. The van der Waals surface area contributed by atoms with Crippen LogP contribution in [0.5, 0.6) is 5.75 Å². The molecule has 2 aromatic carbocycles. The number of hydrogen-bond donors (Lipinski definition) is 4. The second kappa shape index (κ2) is 14.7. The quantitative estimate of drug-likeness (QED) is 0.246. The number of phenols is 1. The van der Waals surface area contributed by atoms with Crippen molar-refractivity contribution >= 4 is 19.2 Å². The van der Waals surface area contributed by atoms with Crippen LogP contribution in [-0.2, 0) is 33.2 Å². The van der Waals surface area contributed by atoms with E-state index in [1.165, 1.54) is 56.8 Å². The number of rotatable bonds is 13. The van der Waals surface area contributed by atoms with Gasteiger partial charge in [0.1, 0.15) is 11.8 Å². The standard InChI is InChI=1S/C31H45N2O5P/c1-22(2)17-27(30(35)33-29(31(36)32-3)19-25-13-15-28(34)16-14-25)21-39(37,38)20-26-11-9-24(10-12-26)18-23-7-5-4-6-8-23/h9-16,22-23,27,29,34H,4-8,17-21H2,1-3H3,(H,32,36)(H,33,35)(H,37,38)/t27?,29-/m1/s1. The highest BCUT2D eigenvalue weighted by molar-refractivity contribution is 7.57. The molecular formula is C31H45N2O5P. The molecular weight excluding hydrogens is 511 g/mol. The van der Waals surface area contributed by atoms with Crippen LogP contribution in [0.1, 0.15) is 69.1 Å². The number of nitrogens with one attached hydrogen (secondary N) is 2. The molecule has 0 aliphatic heterocycles. The van der Waals surface area contributed by atoms with Gasteiger partial charge in [-0.05, 0) is 53.5 Å². The van der Waals surface area contributed by atoms with Gasteiger partial charge in [-0.25, -0.2) is 0 Å². The lowest BCUT2D eigenvalue weighted by Gasteiger charge is -2.25. The van der Waals surface area contributed by atoms with E-state index in [4.69, 9.17) is 0 Å². The van der Waals surface area contributed by atoms with Crippen LogP contribution in [0.3, 0.4) is 0 Å². The first-order valence-electron chi connectivity index (χ1n) is 14.2. The summed E-state index contributed by atoms with van der Waals surface area (Å²) in [6.07, 6.45) is 8.13. The molecule has 214 valence electrons. The molecule has 1 saturated carbocycles. The molecule has 2 amide bonds. The summed E-state index contributed by atoms with van der Waals surface area (Å²) in [7, 11) is -2.16. The molecule has 1 fully saturated rings. The van der Waals surface area contributed by atoms with Gasteiger partial charge in [-0.15, -0.1) is 0 Å². The van der Waals surface area contributed by atoms with E-state index in [1.807, 2.05) is 26.0 Å². The molecule has 1 aliphatic rings. The Labute approximate surface area is 233 Å². The van der Waals surface area contributed by atoms with Crippen LogP contribution in [0.4, 0.5) is 0 Å². The predicted octanol–water partition coefficient (Wildman–Crippen LogP) is 5.42. The number of phenolic OH excluding ortho intramolecular Hbond substituents is 1. The molecule has 0 heterocycles. The molecule has 4 N–H and O–H groups in total. The number of carbonyl (C=O) groups is 2. The van der Waals surface area contributed by atoms with Crippen molar-refractivity contribution in [3.05, 3.63) is 65.2 Å². The van der Waals surface area contributed by atoms with E-state index in [9.17, 15) is 24.2 Å². The predicted molar refractivity (Wildman–Crippen MR) is 156 cm³/mol. The fraction of sp³-hybridized carbons (Fsp3) is 0.548. The number of amides is 2. The van der Waals surface area contributed by atoms with Crippen LogP contribution in [0, 0.1) is 17.8 Å². The molecule has 2 aromatic rings. The maximum Gasteiger partial charge on any atom is 0.242 e. The topological polar surface area (TPSA) is 116 Å². The molecule has 0 saturated heterocycles. The number of aromatic hydroxyl groups is 1. The van der Waals surface area contributed by atoms with Gasteiger partial charge in [-0.3, -0.25) is 14.2 Å². The van der Waals surface area contributed by atoms with E-state index >= 15 is 0 Å². The summed E-state index contributed by atoms with van der Waals surface area (Å²) in [6.45, 7) is 3.95. The van der Waals surface area contributed by atoms with Gasteiger partial charge < -0.3 is 20.6 Å². The van der Waals surface area contributed by atoms with E-state index < -0.39 is 25.2 Å². The van der Waals surface area contributed by atoms with Crippen LogP contribution in [0.15, 0.2) is 48.5 Å². The minimum absolute atomic E-state index is 0.0188. The Kier molecular flexibility index (Phi) is 11.6. The Bertz CT molecular complexity index is 1110. The van der Waals surface area contributed by atoms with Crippen molar-refractivity contribution in [2.24, 2.45) is 17.8 Å². The highest BCUT2D eigenvalue weighted by Crippen LogP contribution is 2.47. The summed E-state index contributed by atoms with van der Waals surface area (Å²) in [5.74, 6) is -0.451. The zero-order chi connectivity index (χ0) is 28.4. The van der Waals surface area contributed by atoms with Crippen LogP contribution in [0.2, 0.25) is 0 Å².